The zero-order chi connectivity index (χ0) is 50.4. The lowest BCUT2D eigenvalue weighted by molar-refractivity contribution is -0.248. The summed E-state index contributed by atoms with van der Waals surface area (Å²) in [5, 5.41) is 29.1. The fourth-order valence-corrected chi connectivity index (χ4v) is 14.0. The molecule has 18 heteroatoms. The summed E-state index contributed by atoms with van der Waals surface area (Å²) in [6, 6.07) is 11.8. The lowest BCUT2D eigenvalue weighted by Crippen LogP contribution is -2.64. The molecule has 390 valence electrons. The van der Waals surface area contributed by atoms with Crippen LogP contribution in [-0.4, -0.2) is 151 Å². The molecule has 4 bridgehead atoms. The number of carboxylic acids is 1. The molecule has 1 aromatic carbocycles. The molecule has 4 saturated carbocycles. The molecule has 72 heavy (non-hydrogen) atoms. The van der Waals surface area contributed by atoms with E-state index in [-0.39, 0.29) is 27.5 Å². The van der Waals surface area contributed by atoms with Crippen LogP contribution in [-0.2, 0) is 41.4 Å². The maximum absolute atomic E-state index is 13.0. The number of nitrogens with zero attached hydrogens (tertiary/aromatic N) is 8. The minimum absolute atomic E-state index is 0.00653. The summed E-state index contributed by atoms with van der Waals surface area (Å²) >= 11 is 1.58. The van der Waals surface area contributed by atoms with Gasteiger partial charge in [0.15, 0.2) is 22.5 Å². The molecule has 10 rings (SSSR count). The Morgan fingerprint density at radius 2 is 1.46 bits per heavy atom. The number of ether oxygens (including phenoxy) is 6. The third-order valence-corrected chi connectivity index (χ3v) is 16.1. The summed E-state index contributed by atoms with van der Waals surface area (Å²) in [4.78, 5) is 26.9. The quantitative estimate of drug-likeness (QED) is 0.0453. The van der Waals surface area contributed by atoms with Crippen molar-refractivity contribution < 1.29 is 38.3 Å². The zero-order valence-electron chi connectivity index (χ0n) is 43.3. The number of nitrogens with one attached hydrogen (secondary N) is 1. The Hall–Kier alpha value is -4.66. The number of carbonyl (C=O) groups is 1. The van der Waals surface area contributed by atoms with Crippen molar-refractivity contribution >= 4 is 50.1 Å². The van der Waals surface area contributed by atoms with E-state index in [0.29, 0.717) is 95.6 Å². The Morgan fingerprint density at radius 1 is 0.792 bits per heavy atom. The van der Waals surface area contributed by atoms with Crippen LogP contribution in [0.3, 0.4) is 0 Å². The van der Waals surface area contributed by atoms with Crippen molar-refractivity contribution in [3.8, 4) is 11.1 Å². The average Bonchev–Trinajstić information content (AvgIpc) is 3.92. The van der Waals surface area contributed by atoms with Crippen LogP contribution in [0.4, 0.5) is 22.6 Å². The summed E-state index contributed by atoms with van der Waals surface area (Å²) < 4.78 is 38.3. The summed E-state index contributed by atoms with van der Waals surface area (Å²) in [6.07, 6.45) is 11.2. The Balaban J connectivity index is 0.781. The maximum Gasteiger partial charge on any atom is 0.355 e. The topological polar surface area (TPSA) is 181 Å². The summed E-state index contributed by atoms with van der Waals surface area (Å²) in [6.45, 7) is 20.7. The van der Waals surface area contributed by atoms with Gasteiger partial charge in [-0.2, -0.15) is 5.10 Å². The molecule has 0 amide bonds. The van der Waals surface area contributed by atoms with Crippen molar-refractivity contribution in [2.45, 2.75) is 105 Å². The highest BCUT2D eigenvalue weighted by Gasteiger charge is 2.66. The highest BCUT2D eigenvalue weighted by atomic mass is 32.1. The first-order chi connectivity index (χ1) is 34.8. The minimum atomic E-state index is -1.09. The van der Waals surface area contributed by atoms with Crippen LogP contribution in [0, 0.1) is 30.1 Å². The van der Waals surface area contributed by atoms with Crippen LogP contribution < -0.4 is 10.2 Å². The van der Waals surface area contributed by atoms with E-state index >= 15 is 0 Å². The van der Waals surface area contributed by atoms with Gasteiger partial charge < -0.3 is 48.6 Å². The number of aromatic carboxylic acids is 1. The third kappa shape index (κ3) is 12.1. The number of hydrogen-bond acceptors (Lipinski definition) is 16. The molecule has 4 aromatic heterocycles. The molecule has 4 fully saturated rings. The number of likely N-dealkylation sites (N-methyl/N-ethyl adjacent to an activating group) is 1. The molecule has 4 aliphatic carbocycles. The molecule has 2 unspecified atom stereocenters. The zero-order valence-corrected chi connectivity index (χ0v) is 44.1. The van der Waals surface area contributed by atoms with Crippen LogP contribution >= 0.6 is 11.3 Å². The van der Waals surface area contributed by atoms with Crippen molar-refractivity contribution in [3.63, 3.8) is 0 Å². The second kappa shape index (κ2) is 22.8. The van der Waals surface area contributed by atoms with Gasteiger partial charge in [-0.25, -0.2) is 14.8 Å². The van der Waals surface area contributed by atoms with Crippen molar-refractivity contribution in [1.29, 1.82) is 0 Å². The van der Waals surface area contributed by atoms with E-state index in [1.807, 2.05) is 48.4 Å². The number of aromatic nitrogens is 6. The van der Waals surface area contributed by atoms with E-state index in [1.165, 1.54) is 6.42 Å². The minimum Gasteiger partial charge on any atom is -0.476 e. The van der Waals surface area contributed by atoms with Gasteiger partial charge in [-0.05, 0) is 119 Å². The number of rotatable bonds is 28. The average molecular weight is 1010 g/mol. The first-order valence-corrected chi connectivity index (χ1v) is 26.8. The Labute approximate surface area is 428 Å². The van der Waals surface area contributed by atoms with Crippen LogP contribution in [0.2, 0.25) is 0 Å². The highest BCUT2D eigenvalue weighted by Crippen LogP contribution is 2.72. The van der Waals surface area contributed by atoms with Gasteiger partial charge in [0, 0.05) is 60.7 Å². The molecule has 0 radical (unpaired) electrons. The smallest absolute Gasteiger partial charge is 0.355 e. The molecule has 0 saturated heterocycles. The second-order valence-electron chi connectivity index (χ2n) is 21.6. The molecular formula is C54H75N9O8S. The maximum atomic E-state index is 13.0. The van der Waals surface area contributed by atoms with Gasteiger partial charge in [0.25, 0.3) is 0 Å². The molecule has 2 N–H and O–H groups in total. The first kappa shape index (κ1) is 52.2. The monoisotopic (exact) mass is 1010 g/mol. The number of fused-ring (bicyclic) bond motifs is 2. The van der Waals surface area contributed by atoms with Crippen LogP contribution in [0.25, 0.3) is 21.3 Å². The largest absolute Gasteiger partial charge is 0.476 e. The standard InChI is InChI=1S/C54H75N9O8S/c1-7-19-66-22-24-68-26-28-70-29-27-69-25-23-67-20-17-61(6)18-21-71-54-34-51(4)31-52(5,35-54)33-53(32-51,36-54)37-63-39(3)42(30-55-63)41-14-15-45(57-46(41)49(64)65)62-16-10-11-40-38(2)47(59-60-48(40)62)58-50-56-43-12-8-9-13-44(43)72-50/h8-9,12-15,30H,7,10-11,16-29,31-37H2,1-6H3,(H,64,65)(H,56,58,59)/t51-,52+,53?,54?. The number of anilines is 4. The van der Waals surface area contributed by atoms with Crippen LogP contribution in [0.15, 0.2) is 42.6 Å². The number of hydrogen-bond donors (Lipinski definition) is 2. The fourth-order valence-electron chi connectivity index (χ4n) is 13.1. The van der Waals surface area contributed by atoms with Crippen LogP contribution in [0.1, 0.15) is 99.4 Å². The van der Waals surface area contributed by atoms with Gasteiger partial charge in [0.2, 0.25) is 0 Å². The van der Waals surface area contributed by atoms with Crippen molar-refractivity contribution in [3.05, 3.63) is 65.1 Å². The third-order valence-electron chi connectivity index (χ3n) is 15.1. The number of benzene rings is 1. The fraction of sp³-hybridized carbons (Fsp3) is 0.630. The summed E-state index contributed by atoms with van der Waals surface area (Å²) in [7, 11) is 2.13. The van der Waals surface area contributed by atoms with Crippen LogP contribution in [0.5, 0.6) is 0 Å². The van der Waals surface area contributed by atoms with E-state index in [9.17, 15) is 9.90 Å². The summed E-state index contributed by atoms with van der Waals surface area (Å²) in [5.74, 6) is 0.807. The highest BCUT2D eigenvalue weighted by molar-refractivity contribution is 7.22. The normalized spacial score (nSPS) is 23.4. The Kier molecular flexibility index (Phi) is 16.6. The second-order valence-corrected chi connectivity index (χ2v) is 22.6. The van der Waals surface area contributed by atoms with Gasteiger partial charge in [0.05, 0.1) is 88.1 Å². The number of carboxylic acid groups (broad SMARTS) is 1. The van der Waals surface area contributed by atoms with Gasteiger partial charge >= 0.3 is 5.97 Å². The van der Waals surface area contributed by atoms with Gasteiger partial charge in [-0.1, -0.05) is 44.2 Å². The van der Waals surface area contributed by atoms with Gasteiger partial charge in [0.1, 0.15) is 5.82 Å². The Bertz CT molecular complexity index is 2590. The van der Waals surface area contributed by atoms with Crippen molar-refractivity contribution in [2.75, 3.05) is 110 Å². The predicted molar refractivity (Wildman–Crippen MR) is 279 cm³/mol. The molecule has 5 aromatic rings. The van der Waals surface area contributed by atoms with E-state index in [0.717, 1.165) is 115 Å². The molecule has 5 heterocycles. The molecule has 17 nitrogen and oxygen atoms in total. The number of pyridine rings is 1. The first-order valence-electron chi connectivity index (χ1n) is 26.0. The van der Waals surface area contributed by atoms with E-state index in [1.54, 1.807) is 11.3 Å². The van der Waals surface area contributed by atoms with E-state index < -0.39 is 5.97 Å². The Morgan fingerprint density at radius 3 is 2.14 bits per heavy atom. The van der Waals surface area contributed by atoms with Gasteiger partial charge in [-0.3, -0.25) is 4.68 Å². The number of thiazole rings is 1. The van der Waals surface area contributed by atoms with E-state index in [4.69, 9.17) is 43.5 Å². The number of para-hydroxylation sites is 1. The molecule has 5 aliphatic rings. The van der Waals surface area contributed by atoms with Crippen molar-refractivity contribution in [1.82, 2.24) is 34.8 Å². The molecule has 0 spiro atoms. The lowest BCUT2D eigenvalue weighted by Gasteiger charge is -2.69. The van der Waals surface area contributed by atoms with E-state index in [2.05, 4.69) is 65.9 Å². The van der Waals surface area contributed by atoms with Crippen molar-refractivity contribution in [2.24, 2.45) is 16.2 Å². The van der Waals surface area contributed by atoms with Gasteiger partial charge in [-0.15, -0.1) is 10.2 Å². The summed E-state index contributed by atoms with van der Waals surface area (Å²) in [5.41, 5.74) is 5.45. The molecule has 4 atom stereocenters. The molecule has 1 aliphatic heterocycles. The SMILES string of the molecule is CCCOCCOCCOCCOCCOCCN(C)CCOC12CC3(Cn4ncc(-c5ccc(N6CCCc7c6nnc(Nc6nc8ccccc8s6)c7C)nc5C(=O)O)c4C)C[C@@](C)(C1)C[C@](C)(C3)C2. The predicted octanol–water partition coefficient (Wildman–Crippen LogP) is 9.05. The lowest BCUT2D eigenvalue weighted by atomic mass is 9.39. The molecular weight excluding hydrogens is 935 g/mol.